The van der Waals surface area contributed by atoms with E-state index in [0.717, 1.165) is 46.6 Å². The highest BCUT2D eigenvalue weighted by molar-refractivity contribution is 15.0. The Balaban J connectivity index is 0.000000183. The largest absolute Gasteiger partial charge is 0.479 e. The highest BCUT2D eigenvalue weighted by Crippen LogP contribution is 2.32. The van der Waals surface area contributed by atoms with Crippen LogP contribution in [0.4, 0.5) is 0 Å². The minimum Gasteiger partial charge on any atom is -0.479 e. The van der Waals surface area contributed by atoms with Crippen LogP contribution >= 0.6 is 61.2 Å². The molecule has 6 aliphatic heterocycles. The topological polar surface area (TPSA) is 223 Å². The Hall–Kier alpha value is -3.75. The Morgan fingerprint density at radius 1 is 0.623 bits per heavy atom. The van der Waals surface area contributed by atoms with Gasteiger partial charge in [-0.1, -0.05) is 12.1 Å². The van der Waals surface area contributed by atoms with Gasteiger partial charge in [0.15, 0.2) is 12.2 Å². The molecule has 6 fully saturated rings. The summed E-state index contributed by atoms with van der Waals surface area (Å²) in [6.45, 7) is 6.93. The zero-order chi connectivity index (χ0) is 42.2. The Morgan fingerprint density at radius 3 is 1.33 bits per heavy atom. The number of rotatable bonds is 9. The zero-order valence-corrected chi connectivity index (χ0v) is 39.5. The second kappa shape index (κ2) is 22.0. The molecule has 4 bridgehead atoms. The summed E-state index contributed by atoms with van der Waals surface area (Å²) in [5, 5.41) is 52.2. The molecule has 0 spiro atoms. The first-order chi connectivity index (χ1) is 29.2. The van der Waals surface area contributed by atoms with Gasteiger partial charge in [-0.2, -0.15) is 0 Å². The van der Waals surface area contributed by atoms with E-state index < -0.39 is 24.1 Å². The third-order valence-electron chi connectivity index (χ3n) is 11.5. The van der Waals surface area contributed by atoms with Gasteiger partial charge in [-0.25, -0.2) is 9.59 Å². The number of aromatic amines is 2. The minimum atomic E-state index is -2.27. The van der Waals surface area contributed by atoms with Crippen molar-refractivity contribution in [2.75, 3.05) is 39.3 Å². The first-order valence-electron chi connectivity index (χ1n) is 19.7. The fourth-order valence-electron chi connectivity index (χ4n) is 8.17. The third-order valence-corrected chi connectivity index (χ3v) is 11.5. The van der Waals surface area contributed by atoms with Crippen LogP contribution in [0.1, 0.15) is 27.1 Å². The summed E-state index contributed by atoms with van der Waals surface area (Å²) in [6.07, 6.45) is 4.87. The molecule has 16 nitrogen and oxygen atoms in total. The second-order valence-electron chi connectivity index (χ2n) is 15.2. The van der Waals surface area contributed by atoms with Crippen LogP contribution < -0.4 is 9.47 Å². The molecule has 6 saturated heterocycles. The van der Waals surface area contributed by atoms with Gasteiger partial charge >= 0.3 is 11.9 Å². The molecule has 2 unspecified atom stereocenters. The maximum Gasteiger partial charge on any atom is 0.335 e. The number of hydrogen-bond donors (Lipinski definition) is 6. The molecule has 19 heteroatoms. The Bertz CT molecular complexity index is 2180. The average molecular weight is 1170 g/mol. The van der Waals surface area contributed by atoms with E-state index in [1.807, 2.05) is 36.7 Å². The van der Waals surface area contributed by atoms with Crippen molar-refractivity contribution in [1.29, 1.82) is 0 Å². The lowest BCUT2D eigenvalue weighted by Crippen LogP contribution is -2.52. The van der Waals surface area contributed by atoms with Crippen molar-refractivity contribution < 1.29 is 40.9 Å². The molecule has 4 atom stereocenters. The number of benzene rings is 2. The normalized spacial score (nSPS) is 23.1. The van der Waals surface area contributed by atoms with Gasteiger partial charge in [-0.3, -0.25) is 9.80 Å². The number of hydrogen-bond acceptors (Lipinski definition) is 12. The summed E-state index contributed by atoms with van der Waals surface area (Å²) in [4.78, 5) is 30.9. The van der Waals surface area contributed by atoms with Crippen molar-refractivity contribution in [2.24, 2.45) is 11.8 Å². The number of halogens is 3. The SMILES string of the molecule is I.II.O=C(O)[C@H](O)[C@@H](O)C(=O)O.[HH].c1cc2cc(-c3ccc(OC4CN5CCC4CC5)nn3)ccc2[nH]1.c1cc2cc(-c3ccc(OC4CN5CCC4CC5)nn3)ccc2[nH]1. The lowest BCUT2D eigenvalue weighted by molar-refractivity contribution is -0.165. The quantitative estimate of drug-likeness (QED) is 0.0829. The number of nitrogens with one attached hydrogen (secondary N) is 2. The van der Waals surface area contributed by atoms with E-state index in [4.69, 9.17) is 29.9 Å². The summed E-state index contributed by atoms with van der Waals surface area (Å²) in [6, 6.07) is 24.6. The van der Waals surface area contributed by atoms with Crippen LogP contribution in [0, 0.1) is 11.8 Å². The number of carboxylic acids is 2. The second-order valence-corrected chi connectivity index (χ2v) is 15.2. The first-order valence-corrected chi connectivity index (χ1v) is 26.0. The lowest BCUT2D eigenvalue weighted by Gasteiger charge is -2.44. The van der Waals surface area contributed by atoms with Crippen LogP contribution in [0.25, 0.3) is 44.3 Å². The molecule has 10 heterocycles. The molecule has 0 radical (unpaired) electrons. The third kappa shape index (κ3) is 11.8. The summed E-state index contributed by atoms with van der Waals surface area (Å²) in [5.41, 5.74) is 6.16. The van der Waals surface area contributed by atoms with E-state index >= 15 is 0 Å². The number of aliphatic carboxylic acids is 2. The molecule has 0 aliphatic carbocycles. The number of carboxylic acid groups (broad SMARTS) is 2. The first kappa shape index (κ1) is 46.7. The van der Waals surface area contributed by atoms with Crippen molar-refractivity contribution in [3.63, 3.8) is 0 Å². The smallest absolute Gasteiger partial charge is 0.335 e. The van der Waals surface area contributed by atoms with E-state index in [1.54, 1.807) is 0 Å². The number of H-pyrrole nitrogens is 2. The van der Waals surface area contributed by atoms with Crippen molar-refractivity contribution in [2.45, 2.75) is 50.1 Å². The Morgan fingerprint density at radius 2 is 1.02 bits per heavy atom. The summed E-state index contributed by atoms with van der Waals surface area (Å²) < 4.78 is 12.2. The monoisotopic (exact) mass is 1170 g/mol. The molecule has 4 aromatic heterocycles. The summed E-state index contributed by atoms with van der Waals surface area (Å²) >= 11 is 4.24. The van der Waals surface area contributed by atoms with Crippen LogP contribution in [-0.4, -0.2) is 136 Å². The summed E-state index contributed by atoms with van der Waals surface area (Å²) in [7, 11) is 0. The number of carbonyl (C=O) groups is 2. The molecule has 2 aromatic carbocycles. The van der Waals surface area contributed by atoms with Crippen molar-refractivity contribution in [3.05, 3.63) is 85.2 Å². The van der Waals surface area contributed by atoms with Gasteiger partial charge < -0.3 is 39.9 Å². The van der Waals surface area contributed by atoms with Gasteiger partial charge in [-0.05, 0) is 112 Å². The van der Waals surface area contributed by atoms with Gasteiger partial charge in [-0.15, -0.1) is 44.4 Å². The fraction of sp³-hybridized carbons (Fsp3) is 0.381. The molecule has 12 rings (SSSR count). The Kier molecular flexibility index (Phi) is 16.9. The van der Waals surface area contributed by atoms with Crippen molar-refractivity contribution in [3.8, 4) is 34.3 Å². The molecule has 6 aliphatic rings. The molecule has 0 saturated carbocycles. The van der Waals surface area contributed by atoms with E-state index in [1.165, 1.54) is 62.6 Å². The number of fused-ring (bicyclic) bond motifs is 8. The Labute approximate surface area is 393 Å². The molecular weight excluding hydrogens is 1130 g/mol. The highest BCUT2D eigenvalue weighted by Gasteiger charge is 2.37. The standard InChI is InChI=1S/2C19H20N4O.C4H6O6.I2.HI.H2/c2*1-2-16-15(5-8-20-16)11-14(1)17-3-4-19(22-21-17)24-18-12-23-9-6-13(18)7-10-23;5-1(3(7)8)2(6)4(9)10;1-2;;/h2*1-5,8,11,13,18,20H,6-7,9-10,12H2;1-2,5-6H,(H,7,8)(H,9,10);;2*1H/t;;1-,2-;;;/m..1.../s1. The molecule has 6 aromatic rings. The molecule has 6 N–H and O–H groups in total. The van der Waals surface area contributed by atoms with Crippen molar-refractivity contribution in [1.82, 2.24) is 40.2 Å². The maximum absolute atomic E-state index is 9.77. The number of aliphatic hydroxyl groups excluding tert-OH is 2. The van der Waals surface area contributed by atoms with Crippen LogP contribution in [-0.2, 0) is 9.59 Å². The van der Waals surface area contributed by atoms with Gasteiger partial charge in [0.1, 0.15) is 12.2 Å². The number of ether oxygens (including phenoxy) is 2. The molecular formula is C42H49I3N8O8. The van der Waals surface area contributed by atoms with Crippen LogP contribution in [0.2, 0.25) is 0 Å². The molecule has 61 heavy (non-hydrogen) atoms. The lowest BCUT2D eigenvalue weighted by atomic mass is 9.86. The molecule has 326 valence electrons. The van der Waals surface area contributed by atoms with Crippen LogP contribution in [0.3, 0.4) is 0 Å². The number of nitrogens with zero attached hydrogens (tertiary/aromatic N) is 6. The van der Waals surface area contributed by atoms with Gasteiger partial charge in [0, 0.05) is 109 Å². The molecule has 0 amide bonds. The minimum absolute atomic E-state index is 0. The van der Waals surface area contributed by atoms with Crippen molar-refractivity contribution >= 4 is 95.0 Å². The van der Waals surface area contributed by atoms with Crippen LogP contribution in [0.15, 0.2) is 85.2 Å². The maximum atomic E-state index is 9.77. The summed E-state index contributed by atoms with van der Waals surface area (Å²) in [5.74, 6) is -0.912. The van der Waals surface area contributed by atoms with Crippen LogP contribution in [0.5, 0.6) is 11.8 Å². The van der Waals surface area contributed by atoms with E-state index in [-0.39, 0.29) is 37.6 Å². The van der Waals surface area contributed by atoms with Gasteiger partial charge in [0.25, 0.3) is 0 Å². The van der Waals surface area contributed by atoms with E-state index in [2.05, 4.69) is 126 Å². The average Bonchev–Trinajstić information content (AvgIpc) is 3.98. The van der Waals surface area contributed by atoms with Gasteiger partial charge in [0.2, 0.25) is 11.8 Å². The highest BCUT2D eigenvalue weighted by atomic mass is 128. The number of piperidine rings is 6. The number of aromatic nitrogens is 6. The zero-order valence-electron chi connectivity index (χ0n) is 32.9. The van der Waals surface area contributed by atoms with Gasteiger partial charge in [0.05, 0.1) is 11.4 Å². The van der Waals surface area contributed by atoms with E-state index in [9.17, 15) is 9.59 Å². The number of aliphatic hydroxyl groups is 2. The fourth-order valence-corrected chi connectivity index (χ4v) is 8.17. The predicted molar refractivity (Wildman–Crippen MR) is 259 cm³/mol. The van der Waals surface area contributed by atoms with E-state index in [0.29, 0.717) is 23.6 Å². The predicted octanol–water partition coefficient (Wildman–Crippen LogP) is 6.71.